The van der Waals surface area contributed by atoms with Gasteiger partial charge in [0.2, 0.25) is 0 Å². The summed E-state index contributed by atoms with van der Waals surface area (Å²) in [6.07, 6.45) is 3.02. The second-order valence-electron chi connectivity index (χ2n) is 7.10. The van der Waals surface area contributed by atoms with Gasteiger partial charge < -0.3 is 9.47 Å². The average molecular weight is 374 g/mol. The maximum atomic E-state index is 6.00. The lowest BCUT2D eigenvalue weighted by atomic mass is 10.1. The second kappa shape index (κ2) is 9.00. The minimum absolute atomic E-state index is 0.0314. The molecular formula is C24H26N2O2. The fraction of sp³-hybridized carbons (Fsp3) is 0.292. The van der Waals surface area contributed by atoms with Gasteiger partial charge in [-0.25, -0.2) is 0 Å². The fourth-order valence-electron chi connectivity index (χ4n) is 3.59. The molecule has 4 heteroatoms. The van der Waals surface area contributed by atoms with Crippen LogP contribution in [0.1, 0.15) is 17.4 Å². The zero-order chi connectivity index (χ0) is 19.2. The highest BCUT2D eigenvalue weighted by atomic mass is 16.5. The topological polar surface area (TPSA) is 34.6 Å². The Morgan fingerprint density at radius 1 is 1.04 bits per heavy atom. The van der Waals surface area contributed by atoms with Crippen molar-refractivity contribution in [2.45, 2.75) is 12.5 Å². The number of pyridine rings is 1. The summed E-state index contributed by atoms with van der Waals surface area (Å²) in [7, 11) is 1.68. The second-order valence-corrected chi connectivity index (χ2v) is 7.10. The first kappa shape index (κ1) is 18.7. The van der Waals surface area contributed by atoms with Gasteiger partial charge in [0, 0.05) is 31.4 Å². The van der Waals surface area contributed by atoms with Crippen LogP contribution in [-0.4, -0.2) is 43.2 Å². The summed E-state index contributed by atoms with van der Waals surface area (Å²) in [6, 6.07) is 22.9. The summed E-state index contributed by atoms with van der Waals surface area (Å²) in [5, 5.41) is 0. The third-order valence-electron chi connectivity index (χ3n) is 5.23. The summed E-state index contributed by atoms with van der Waals surface area (Å²) in [4.78, 5) is 7.17. The van der Waals surface area contributed by atoms with Crippen LogP contribution in [0, 0.1) is 0 Å². The normalized spacial score (nSPS) is 17.4. The maximum absolute atomic E-state index is 6.00. The molecule has 1 aliphatic heterocycles. The van der Waals surface area contributed by atoms with Gasteiger partial charge in [-0.05, 0) is 35.7 Å². The molecule has 1 atom stereocenters. The van der Waals surface area contributed by atoms with Crippen molar-refractivity contribution in [3.05, 3.63) is 84.2 Å². The number of rotatable bonds is 6. The molecule has 1 aromatic heterocycles. The molecule has 0 spiro atoms. The zero-order valence-electron chi connectivity index (χ0n) is 16.3. The minimum Gasteiger partial charge on any atom is -0.497 e. The van der Waals surface area contributed by atoms with Gasteiger partial charge in [-0.3, -0.25) is 9.88 Å². The number of morpholine rings is 1. The summed E-state index contributed by atoms with van der Waals surface area (Å²) in [5.41, 5.74) is 4.56. The first-order valence-corrected chi connectivity index (χ1v) is 9.80. The predicted octanol–water partition coefficient (Wildman–Crippen LogP) is 4.37. The number of methoxy groups -OCH3 is 1. The maximum Gasteiger partial charge on any atom is 0.119 e. The monoisotopic (exact) mass is 374 g/mol. The number of hydrogen-bond donors (Lipinski definition) is 0. The quantitative estimate of drug-likeness (QED) is 0.642. The van der Waals surface area contributed by atoms with Crippen molar-refractivity contribution < 1.29 is 9.47 Å². The molecule has 1 fully saturated rings. The lowest BCUT2D eigenvalue weighted by Gasteiger charge is -2.32. The Bertz CT molecular complexity index is 881. The van der Waals surface area contributed by atoms with Crippen molar-refractivity contribution >= 4 is 0 Å². The fourth-order valence-corrected chi connectivity index (χ4v) is 3.59. The van der Waals surface area contributed by atoms with E-state index in [4.69, 9.17) is 14.5 Å². The molecule has 1 saturated heterocycles. The summed E-state index contributed by atoms with van der Waals surface area (Å²) >= 11 is 0. The van der Waals surface area contributed by atoms with E-state index in [1.165, 1.54) is 5.56 Å². The molecule has 0 bridgehead atoms. The third-order valence-corrected chi connectivity index (χ3v) is 5.23. The molecule has 0 aliphatic carbocycles. The molecule has 4 rings (SSSR count). The number of ether oxygens (including phenoxy) is 2. The van der Waals surface area contributed by atoms with Crippen LogP contribution in [0.25, 0.3) is 11.1 Å². The SMILES string of the molecule is COc1cccc(-c2ccc([C@@H]3CN(CCc4ccccc4)CCO3)nc2)c1. The zero-order valence-corrected chi connectivity index (χ0v) is 16.3. The Labute approximate surface area is 166 Å². The Morgan fingerprint density at radius 3 is 2.71 bits per heavy atom. The van der Waals surface area contributed by atoms with Crippen molar-refractivity contribution in [2.24, 2.45) is 0 Å². The van der Waals surface area contributed by atoms with E-state index >= 15 is 0 Å². The molecule has 0 radical (unpaired) electrons. The van der Waals surface area contributed by atoms with Gasteiger partial charge in [-0.1, -0.05) is 48.5 Å². The van der Waals surface area contributed by atoms with E-state index in [0.29, 0.717) is 0 Å². The van der Waals surface area contributed by atoms with Crippen LogP contribution in [0.3, 0.4) is 0 Å². The van der Waals surface area contributed by atoms with Crippen molar-refractivity contribution in [2.75, 3.05) is 33.4 Å². The van der Waals surface area contributed by atoms with Gasteiger partial charge >= 0.3 is 0 Å². The van der Waals surface area contributed by atoms with E-state index < -0.39 is 0 Å². The van der Waals surface area contributed by atoms with Crippen LogP contribution >= 0.6 is 0 Å². The van der Waals surface area contributed by atoms with E-state index in [9.17, 15) is 0 Å². The van der Waals surface area contributed by atoms with E-state index in [0.717, 1.165) is 55.2 Å². The van der Waals surface area contributed by atoms with Crippen molar-refractivity contribution in [1.29, 1.82) is 0 Å². The summed E-state index contributed by atoms with van der Waals surface area (Å²) in [5.74, 6) is 0.853. The minimum atomic E-state index is 0.0314. The Morgan fingerprint density at radius 2 is 1.93 bits per heavy atom. The summed E-state index contributed by atoms with van der Waals surface area (Å²) < 4.78 is 11.3. The summed E-state index contributed by atoms with van der Waals surface area (Å²) in [6.45, 7) is 3.66. The van der Waals surface area contributed by atoms with Gasteiger partial charge in [-0.2, -0.15) is 0 Å². The highest BCUT2D eigenvalue weighted by Gasteiger charge is 2.22. The van der Waals surface area contributed by atoms with Gasteiger partial charge in [0.05, 0.1) is 19.4 Å². The number of aromatic nitrogens is 1. The standard InChI is InChI=1S/C24H26N2O2/c1-27-22-9-5-8-20(16-22)21-10-11-23(25-17-21)24-18-26(14-15-28-24)13-12-19-6-3-2-4-7-19/h2-11,16-17,24H,12-15,18H2,1H3/t24-/m0/s1. The smallest absolute Gasteiger partial charge is 0.119 e. The highest BCUT2D eigenvalue weighted by molar-refractivity contribution is 5.64. The van der Waals surface area contributed by atoms with Crippen molar-refractivity contribution in [3.63, 3.8) is 0 Å². The molecule has 0 N–H and O–H groups in total. The van der Waals surface area contributed by atoms with Gasteiger partial charge in [0.25, 0.3) is 0 Å². The predicted molar refractivity (Wildman–Crippen MR) is 112 cm³/mol. The molecule has 2 aromatic carbocycles. The van der Waals surface area contributed by atoms with Crippen LogP contribution < -0.4 is 4.74 Å². The Hall–Kier alpha value is -2.69. The first-order valence-electron chi connectivity index (χ1n) is 9.80. The largest absolute Gasteiger partial charge is 0.497 e. The molecule has 0 amide bonds. The number of benzene rings is 2. The van der Waals surface area contributed by atoms with Crippen molar-refractivity contribution in [3.8, 4) is 16.9 Å². The molecule has 4 nitrogen and oxygen atoms in total. The Kier molecular flexibility index (Phi) is 6.00. The van der Waals surface area contributed by atoms with Gasteiger partial charge in [-0.15, -0.1) is 0 Å². The molecule has 3 aromatic rings. The molecule has 0 unspecified atom stereocenters. The number of hydrogen-bond acceptors (Lipinski definition) is 4. The lowest BCUT2D eigenvalue weighted by molar-refractivity contribution is -0.0316. The van der Waals surface area contributed by atoms with Crippen LogP contribution in [0.5, 0.6) is 5.75 Å². The van der Waals surface area contributed by atoms with Crippen LogP contribution in [0.4, 0.5) is 0 Å². The van der Waals surface area contributed by atoms with E-state index in [1.807, 2.05) is 24.4 Å². The molecular weight excluding hydrogens is 348 g/mol. The lowest BCUT2D eigenvalue weighted by Crippen LogP contribution is -2.39. The van der Waals surface area contributed by atoms with E-state index in [1.54, 1.807) is 7.11 Å². The van der Waals surface area contributed by atoms with E-state index in [2.05, 4.69) is 53.4 Å². The third kappa shape index (κ3) is 4.58. The van der Waals surface area contributed by atoms with Crippen LogP contribution in [0.15, 0.2) is 72.9 Å². The van der Waals surface area contributed by atoms with Gasteiger partial charge in [0.15, 0.2) is 0 Å². The molecule has 144 valence electrons. The number of nitrogens with zero attached hydrogens (tertiary/aromatic N) is 2. The average Bonchev–Trinajstić information content (AvgIpc) is 2.79. The highest BCUT2D eigenvalue weighted by Crippen LogP contribution is 2.26. The molecule has 0 saturated carbocycles. The van der Waals surface area contributed by atoms with E-state index in [-0.39, 0.29) is 6.10 Å². The van der Waals surface area contributed by atoms with Gasteiger partial charge in [0.1, 0.15) is 11.9 Å². The van der Waals surface area contributed by atoms with Crippen LogP contribution in [0.2, 0.25) is 0 Å². The first-order chi connectivity index (χ1) is 13.8. The molecule has 1 aliphatic rings. The molecule has 28 heavy (non-hydrogen) atoms. The Balaban J connectivity index is 1.39. The van der Waals surface area contributed by atoms with Crippen LogP contribution in [-0.2, 0) is 11.2 Å². The van der Waals surface area contributed by atoms with Crippen molar-refractivity contribution in [1.82, 2.24) is 9.88 Å². The molecule has 2 heterocycles.